The maximum absolute atomic E-state index is 14.6. The Bertz CT molecular complexity index is 2440. The van der Waals surface area contributed by atoms with Gasteiger partial charge >= 0.3 is 5.97 Å². The van der Waals surface area contributed by atoms with E-state index in [-0.39, 0.29) is 90.5 Å². The van der Waals surface area contributed by atoms with E-state index < -0.39 is 12.0 Å². The van der Waals surface area contributed by atoms with Gasteiger partial charge in [0.1, 0.15) is 17.7 Å². The first-order valence-corrected chi connectivity index (χ1v) is 24.8. The number of imidazole rings is 2. The third kappa shape index (κ3) is 9.44. The molecule has 4 aromatic rings. The Balaban J connectivity index is 0.899. The van der Waals surface area contributed by atoms with Crippen LogP contribution in [0.1, 0.15) is 141 Å². The molecule has 4 aliphatic heterocycles. The van der Waals surface area contributed by atoms with E-state index >= 15 is 0 Å². The molecule has 4 fully saturated rings. The Morgan fingerprint density at radius 1 is 0.672 bits per heavy atom. The lowest BCUT2D eigenvalue weighted by Crippen LogP contribution is -2.55. The second kappa shape index (κ2) is 19.3. The molecule has 4 saturated heterocycles. The summed E-state index contributed by atoms with van der Waals surface area (Å²) in [6.07, 6.45) is 12.1. The molecule has 2 unspecified atom stereocenters. The number of nitrogens with one attached hydrogen (secondary N) is 3. The second-order valence-corrected chi connectivity index (χ2v) is 20.5. The maximum Gasteiger partial charge on any atom is 0.306 e. The van der Waals surface area contributed by atoms with Gasteiger partial charge in [0, 0.05) is 24.6 Å². The number of carbonyl (C=O) groups is 4. The van der Waals surface area contributed by atoms with Crippen LogP contribution >= 0.6 is 0 Å². The lowest BCUT2D eigenvalue weighted by atomic mass is 9.79. The molecule has 0 saturated carbocycles. The summed E-state index contributed by atoms with van der Waals surface area (Å²) >= 11 is 0. The van der Waals surface area contributed by atoms with Gasteiger partial charge in [-0.2, -0.15) is 0 Å². The Hall–Kier alpha value is -5.34. The van der Waals surface area contributed by atoms with Gasteiger partial charge in [0.15, 0.2) is 0 Å². The molecule has 3 amide bonds. The van der Waals surface area contributed by atoms with Gasteiger partial charge in [0.05, 0.1) is 79.7 Å². The highest BCUT2D eigenvalue weighted by molar-refractivity contribution is 5.88. The summed E-state index contributed by atoms with van der Waals surface area (Å²) in [5.41, 5.74) is 8.99. The summed E-state index contributed by atoms with van der Waals surface area (Å²) in [6.45, 7) is 13.8. The molecule has 9 rings (SSSR count). The van der Waals surface area contributed by atoms with E-state index in [0.717, 1.165) is 104 Å². The van der Waals surface area contributed by atoms with E-state index in [0.29, 0.717) is 0 Å². The van der Waals surface area contributed by atoms with Gasteiger partial charge < -0.3 is 39.3 Å². The Morgan fingerprint density at radius 2 is 1.16 bits per heavy atom. The standard InChI is InChI=1S/C53H69N7O7/c1-28-9-19-46(59(28)52(63)43(25-48(62)65-8)37-21-30(3)66-31(4)22-37)51-55-27-45(58-51)42-18-15-39(40-16-17-41(40)42)35-11-13-36(14-12-35)44-26-54-50(57-44)47-20-10-29(2)60(47)53(64)49(56-34(7)61)38-23-32(5)67-33(6)24-38/h11-15,18,26-33,37-38,43,46-47,49H,9-10,16-17,19-25H2,1-8H3,(H,54,57)(H,55,58)(H,56,61)/t28-,29-,30-,31+,32-,33+,37?,38?,43-,46-,47-,49-/m0/s1. The number of rotatable bonds is 12. The summed E-state index contributed by atoms with van der Waals surface area (Å²) < 4.78 is 17.1. The highest BCUT2D eigenvalue weighted by atomic mass is 16.5. The molecule has 1 aliphatic carbocycles. The normalized spacial score (nSPS) is 29.2. The first-order chi connectivity index (χ1) is 32.2. The summed E-state index contributed by atoms with van der Waals surface area (Å²) in [5, 5.41) is 3.02. The van der Waals surface area contributed by atoms with E-state index in [1.165, 1.54) is 30.7 Å². The smallest absolute Gasteiger partial charge is 0.306 e. The number of nitrogens with zero attached hydrogens (tertiary/aromatic N) is 4. The van der Waals surface area contributed by atoms with E-state index in [1.54, 1.807) is 0 Å². The van der Waals surface area contributed by atoms with Crippen molar-refractivity contribution in [3.8, 4) is 33.6 Å². The van der Waals surface area contributed by atoms with Crippen LogP contribution in [0.5, 0.6) is 0 Å². The van der Waals surface area contributed by atoms with Gasteiger partial charge in [-0.3, -0.25) is 19.2 Å². The van der Waals surface area contributed by atoms with Gasteiger partial charge in [-0.25, -0.2) is 9.97 Å². The minimum Gasteiger partial charge on any atom is -0.469 e. The summed E-state index contributed by atoms with van der Waals surface area (Å²) in [4.78, 5) is 75.0. The zero-order valence-electron chi connectivity index (χ0n) is 40.5. The average molecular weight is 916 g/mol. The lowest BCUT2D eigenvalue weighted by molar-refractivity contribution is -0.153. The fraction of sp³-hybridized carbons (Fsp3) is 0.585. The molecule has 358 valence electrons. The van der Waals surface area contributed by atoms with Crippen LogP contribution < -0.4 is 5.32 Å². The van der Waals surface area contributed by atoms with E-state index in [4.69, 9.17) is 24.2 Å². The maximum atomic E-state index is 14.6. The Morgan fingerprint density at radius 3 is 1.72 bits per heavy atom. The van der Waals surface area contributed by atoms with Crippen molar-refractivity contribution in [1.29, 1.82) is 0 Å². The van der Waals surface area contributed by atoms with Crippen LogP contribution in [0.25, 0.3) is 33.6 Å². The van der Waals surface area contributed by atoms with E-state index in [2.05, 4.69) is 65.5 Å². The van der Waals surface area contributed by atoms with Gasteiger partial charge in [-0.05, 0) is 145 Å². The van der Waals surface area contributed by atoms with Crippen LogP contribution in [0.3, 0.4) is 0 Å². The molecule has 67 heavy (non-hydrogen) atoms. The molecule has 6 heterocycles. The van der Waals surface area contributed by atoms with Crippen LogP contribution in [0.4, 0.5) is 0 Å². The molecule has 12 atom stereocenters. The molecule has 2 aromatic heterocycles. The molecule has 14 nitrogen and oxygen atoms in total. The van der Waals surface area contributed by atoms with Crippen molar-refractivity contribution in [2.45, 2.75) is 174 Å². The number of aromatic nitrogens is 4. The van der Waals surface area contributed by atoms with Crippen molar-refractivity contribution in [3.63, 3.8) is 0 Å². The summed E-state index contributed by atoms with van der Waals surface area (Å²) in [5.74, 6) is 0.474. The van der Waals surface area contributed by atoms with Crippen LogP contribution in [-0.2, 0) is 46.2 Å². The molecule has 5 aliphatic rings. The van der Waals surface area contributed by atoms with E-state index in [9.17, 15) is 19.2 Å². The second-order valence-electron chi connectivity index (χ2n) is 20.5. The minimum absolute atomic E-state index is 0.00246. The number of carbonyl (C=O) groups excluding carboxylic acids is 4. The third-order valence-corrected chi connectivity index (χ3v) is 15.6. The number of esters is 1. The van der Waals surface area contributed by atoms with Crippen molar-refractivity contribution in [2.75, 3.05) is 7.11 Å². The predicted octanol–water partition coefficient (Wildman–Crippen LogP) is 8.43. The van der Waals surface area contributed by atoms with Gasteiger partial charge in [-0.15, -0.1) is 0 Å². The number of benzene rings is 2. The third-order valence-electron chi connectivity index (χ3n) is 15.6. The summed E-state index contributed by atoms with van der Waals surface area (Å²) in [7, 11) is 1.39. The SMILES string of the molecule is COC(=O)C[C@H](C(=O)N1[C@@H](C)CC[C@H]1c1ncc(-c2ccc(-c3ccc(-c4cnc([C@@H]5CC[C@H](C)N5C(=O)[C@@H](NC(C)=O)C5C[C@@H](C)O[C@@H](C)C5)[nH]4)cc3)c3c2CC3)[nH]1)C1C[C@@H](C)O[C@@H](C)C1. The van der Waals surface area contributed by atoms with Crippen molar-refractivity contribution in [2.24, 2.45) is 17.8 Å². The average Bonchev–Trinajstić information content (AvgIpc) is 4.11. The molecule has 3 N–H and O–H groups in total. The lowest BCUT2D eigenvalue weighted by Gasteiger charge is -2.39. The van der Waals surface area contributed by atoms with Crippen LogP contribution in [-0.4, -0.2) is 103 Å². The first-order valence-electron chi connectivity index (χ1n) is 24.8. The molecule has 2 aromatic carbocycles. The quantitative estimate of drug-likeness (QED) is 0.118. The number of aromatic amines is 2. The van der Waals surface area contributed by atoms with Crippen LogP contribution in [0.15, 0.2) is 48.8 Å². The molecule has 0 radical (unpaired) electrons. The summed E-state index contributed by atoms with van der Waals surface area (Å²) in [6, 6.07) is 12.0. The van der Waals surface area contributed by atoms with Gasteiger partial charge in [-0.1, -0.05) is 36.4 Å². The predicted molar refractivity (Wildman–Crippen MR) is 254 cm³/mol. The highest BCUT2D eigenvalue weighted by Gasteiger charge is 2.46. The molecule has 0 bridgehead atoms. The van der Waals surface area contributed by atoms with Crippen molar-refractivity contribution < 1.29 is 33.4 Å². The zero-order chi connectivity index (χ0) is 47.3. The monoisotopic (exact) mass is 916 g/mol. The largest absolute Gasteiger partial charge is 0.469 e. The topological polar surface area (TPSA) is 172 Å². The zero-order valence-corrected chi connectivity index (χ0v) is 40.5. The number of hydrogen-bond acceptors (Lipinski definition) is 9. The number of hydrogen-bond donors (Lipinski definition) is 3. The van der Waals surface area contributed by atoms with E-state index in [1.807, 2.05) is 49.9 Å². The number of methoxy groups -OCH3 is 1. The fourth-order valence-corrected chi connectivity index (χ4v) is 12.4. The Labute approximate surface area is 394 Å². The number of H-pyrrole nitrogens is 2. The Kier molecular flexibility index (Phi) is 13.5. The van der Waals surface area contributed by atoms with Crippen molar-refractivity contribution in [1.82, 2.24) is 35.1 Å². The molecule has 0 spiro atoms. The number of likely N-dealkylation sites (tertiary alicyclic amines) is 2. The van der Waals surface area contributed by atoms with Crippen molar-refractivity contribution in [3.05, 3.63) is 71.6 Å². The number of ether oxygens (including phenoxy) is 3. The number of fused-ring (bicyclic) bond motifs is 1. The van der Waals surface area contributed by atoms with Gasteiger partial charge in [0.2, 0.25) is 17.7 Å². The highest BCUT2D eigenvalue weighted by Crippen LogP contribution is 2.44. The minimum atomic E-state index is -0.612. The molecule has 14 heteroatoms. The van der Waals surface area contributed by atoms with Crippen LogP contribution in [0.2, 0.25) is 0 Å². The fourth-order valence-electron chi connectivity index (χ4n) is 12.4. The van der Waals surface area contributed by atoms with Crippen LogP contribution in [0, 0.1) is 17.8 Å². The number of amides is 3. The first kappa shape index (κ1) is 46.8. The van der Waals surface area contributed by atoms with Gasteiger partial charge in [0.25, 0.3) is 0 Å². The van der Waals surface area contributed by atoms with Crippen molar-refractivity contribution >= 4 is 23.7 Å². The molecular weight excluding hydrogens is 847 g/mol. The molecular formula is C53H69N7O7.